The van der Waals surface area contributed by atoms with Crippen LogP contribution in [0.2, 0.25) is 0 Å². The Balaban J connectivity index is 2.60. The van der Waals surface area contributed by atoms with Crippen molar-refractivity contribution in [2.24, 2.45) is 0 Å². The zero-order valence-corrected chi connectivity index (χ0v) is 13.9. The third-order valence-electron chi connectivity index (χ3n) is 3.60. The summed E-state index contributed by atoms with van der Waals surface area (Å²) in [6.45, 7) is 5.00. The molecule has 0 aliphatic carbocycles. The number of nitrogens with zero attached hydrogens (tertiary/aromatic N) is 3. The Labute approximate surface area is 144 Å². The van der Waals surface area contributed by atoms with Crippen LogP contribution in [-0.2, 0) is 0 Å². The summed E-state index contributed by atoms with van der Waals surface area (Å²) < 4.78 is 0. The summed E-state index contributed by atoms with van der Waals surface area (Å²) in [5.41, 5.74) is 0.554. The van der Waals surface area contributed by atoms with Crippen molar-refractivity contribution in [3.63, 3.8) is 0 Å². The molecule has 1 heterocycles. The minimum Gasteiger partial charge on any atom is -0.335 e. The average molecular weight is 343 g/mol. The Bertz CT molecular complexity index is 809. The van der Waals surface area contributed by atoms with Gasteiger partial charge in [-0.1, -0.05) is 12.1 Å². The van der Waals surface area contributed by atoms with Crippen molar-refractivity contribution in [1.29, 1.82) is 5.26 Å². The molecule has 2 rings (SSSR count). The van der Waals surface area contributed by atoms with E-state index in [-0.39, 0.29) is 17.3 Å². The highest BCUT2D eigenvalue weighted by atomic mass is 16.6. The molecule has 0 aromatic heterocycles. The number of urea groups is 2. The molecule has 0 fully saturated rings. The summed E-state index contributed by atoms with van der Waals surface area (Å²) in [7, 11) is 0. The number of non-ortho nitro benzene ring substituents is 1. The van der Waals surface area contributed by atoms with E-state index in [9.17, 15) is 25.0 Å². The van der Waals surface area contributed by atoms with Crippen LogP contribution in [-0.4, -0.2) is 27.9 Å². The molecule has 1 atom stereocenters. The molecule has 0 radical (unpaired) electrons. The number of nitrogens with one attached hydrogen (secondary N) is 2. The van der Waals surface area contributed by atoms with Gasteiger partial charge in [0.1, 0.15) is 6.04 Å². The van der Waals surface area contributed by atoms with Crippen molar-refractivity contribution in [1.82, 2.24) is 15.5 Å². The highest BCUT2D eigenvalue weighted by Gasteiger charge is 2.39. The second kappa shape index (κ2) is 7.00. The second-order valence-electron chi connectivity index (χ2n) is 5.81. The monoisotopic (exact) mass is 343 g/mol. The maximum Gasteiger partial charge on any atom is 0.330 e. The van der Waals surface area contributed by atoms with Gasteiger partial charge in [-0.15, -0.1) is 0 Å². The molecule has 1 unspecified atom stereocenters. The van der Waals surface area contributed by atoms with Crippen LogP contribution in [0.25, 0.3) is 0 Å². The molecule has 0 spiro atoms. The number of hydrogen-bond donors (Lipinski definition) is 2. The summed E-state index contributed by atoms with van der Waals surface area (Å²) in [6, 6.07) is 4.85. The molecule has 0 saturated carbocycles. The van der Waals surface area contributed by atoms with Crippen LogP contribution in [0.3, 0.4) is 0 Å². The van der Waals surface area contributed by atoms with Crippen LogP contribution in [0.1, 0.15) is 32.4 Å². The van der Waals surface area contributed by atoms with Crippen LogP contribution in [0.5, 0.6) is 0 Å². The summed E-state index contributed by atoms with van der Waals surface area (Å²) in [5.74, 6) is 0. The van der Waals surface area contributed by atoms with Gasteiger partial charge in [-0.2, -0.15) is 5.26 Å². The third-order valence-corrected chi connectivity index (χ3v) is 3.60. The Morgan fingerprint density at radius 1 is 1.48 bits per heavy atom. The minimum absolute atomic E-state index is 0.138. The second-order valence-corrected chi connectivity index (χ2v) is 5.81. The van der Waals surface area contributed by atoms with Crippen LogP contribution < -0.4 is 10.6 Å². The molecule has 1 aromatic rings. The number of carbonyl (C=O) groups is 2. The molecule has 9 nitrogen and oxygen atoms in total. The maximum atomic E-state index is 12.5. The molecule has 4 amide bonds. The van der Waals surface area contributed by atoms with Gasteiger partial charge in [0.2, 0.25) is 0 Å². The van der Waals surface area contributed by atoms with Crippen molar-refractivity contribution in [2.45, 2.75) is 32.9 Å². The van der Waals surface area contributed by atoms with Gasteiger partial charge in [0.15, 0.2) is 0 Å². The standard InChI is InChI=1S/C16H17N5O4/c1-9(2)18-15(22)20-14(13(8-17)10(3)19-16(20)23)11-5-4-6-12(7-11)21(24)25/h4-7,9,14H,1-3H3,(H,18,22)(H,19,23). The molecule has 0 saturated heterocycles. The number of carbonyl (C=O) groups excluding carboxylic acids is 2. The van der Waals surface area contributed by atoms with Crippen molar-refractivity contribution >= 4 is 17.7 Å². The molecule has 1 aromatic carbocycles. The van der Waals surface area contributed by atoms with Crippen molar-refractivity contribution < 1.29 is 14.5 Å². The first-order chi connectivity index (χ1) is 11.8. The molecule has 1 aliphatic rings. The van der Waals surface area contributed by atoms with Gasteiger partial charge < -0.3 is 10.6 Å². The van der Waals surface area contributed by atoms with Crippen LogP contribution in [0.4, 0.5) is 15.3 Å². The summed E-state index contributed by atoms with van der Waals surface area (Å²) in [4.78, 5) is 36.2. The summed E-state index contributed by atoms with van der Waals surface area (Å²) in [6.07, 6.45) is 0. The number of nitro groups is 1. The normalized spacial score (nSPS) is 17.2. The first-order valence-corrected chi connectivity index (χ1v) is 7.52. The lowest BCUT2D eigenvalue weighted by atomic mass is 9.94. The lowest BCUT2D eigenvalue weighted by Crippen LogP contribution is -2.54. The topological polar surface area (TPSA) is 128 Å². The maximum absolute atomic E-state index is 12.5. The Morgan fingerprint density at radius 2 is 2.16 bits per heavy atom. The van der Waals surface area contributed by atoms with Gasteiger partial charge in [0, 0.05) is 23.9 Å². The summed E-state index contributed by atoms with van der Waals surface area (Å²) >= 11 is 0. The van der Waals surface area contributed by atoms with Crippen molar-refractivity contribution in [3.8, 4) is 6.07 Å². The lowest BCUT2D eigenvalue weighted by molar-refractivity contribution is -0.384. The van der Waals surface area contributed by atoms with Gasteiger partial charge in [0.25, 0.3) is 5.69 Å². The first kappa shape index (κ1) is 17.9. The number of amides is 4. The van der Waals surface area contributed by atoms with Gasteiger partial charge >= 0.3 is 12.1 Å². The Hall–Kier alpha value is -3.41. The number of rotatable bonds is 3. The zero-order valence-electron chi connectivity index (χ0n) is 13.9. The van der Waals surface area contributed by atoms with Crippen LogP contribution in [0, 0.1) is 21.4 Å². The number of nitro benzene ring substituents is 1. The van der Waals surface area contributed by atoms with Gasteiger partial charge in [0.05, 0.1) is 16.6 Å². The van der Waals surface area contributed by atoms with E-state index in [1.54, 1.807) is 20.8 Å². The fraction of sp³-hybridized carbons (Fsp3) is 0.312. The Morgan fingerprint density at radius 3 is 2.72 bits per heavy atom. The van der Waals surface area contributed by atoms with E-state index in [4.69, 9.17) is 0 Å². The smallest absolute Gasteiger partial charge is 0.330 e. The van der Waals surface area contributed by atoms with E-state index in [0.717, 1.165) is 4.90 Å². The summed E-state index contributed by atoms with van der Waals surface area (Å²) in [5, 5.41) is 25.6. The van der Waals surface area contributed by atoms with Gasteiger partial charge in [-0.3, -0.25) is 10.1 Å². The molecule has 1 aliphatic heterocycles. The molecule has 130 valence electrons. The molecule has 0 bridgehead atoms. The largest absolute Gasteiger partial charge is 0.335 e. The van der Waals surface area contributed by atoms with E-state index in [2.05, 4.69) is 10.6 Å². The van der Waals surface area contributed by atoms with Crippen LogP contribution >= 0.6 is 0 Å². The van der Waals surface area contributed by atoms with E-state index in [0.29, 0.717) is 11.3 Å². The third kappa shape index (κ3) is 3.58. The fourth-order valence-corrected chi connectivity index (χ4v) is 2.53. The number of nitriles is 1. The highest BCUT2D eigenvalue weighted by Crippen LogP contribution is 2.34. The molecular weight excluding hydrogens is 326 g/mol. The minimum atomic E-state index is -1.04. The highest BCUT2D eigenvalue weighted by molar-refractivity contribution is 5.96. The van der Waals surface area contributed by atoms with Crippen LogP contribution in [0.15, 0.2) is 35.5 Å². The fourth-order valence-electron chi connectivity index (χ4n) is 2.53. The zero-order chi connectivity index (χ0) is 18.7. The van der Waals surface area contributed by atoms with E-state index < -0.39 is 23.0 Å². The number of benzene rings is 1. The van der Waals surface area contributed by atoms with E-state index in [1.165, 1.54) is 24.3 Å². The number of allylic oxidation sites excluding steroid dienone is 1. The first-order valence-electron chi connectivity index (χ1n) is 7.52. The average Bonchev–Trinajstić information content (AvgIpc) is 2.53. The molecule has 9 heteroatoms. The van der Waals surface area contributed by atoms with E-state index >= 15 is 0 Å². The van der Waals surface area contributed by atoms with Gasteiger partial charge in [-0.05, 0) is 26.3 Å². The number of hydrogen-bond acceptors (Lipinski definition) is 5. The molecular formula is C16H17N5O4. The predicted octanol–water partition coefficient (Wildman–Crippen LogP) is 2.58. The number of imide groups is 1. The lowest BCUT2D eigenvalue weighted by Gasteiger charge is -2.35. The van der Waals surface area contributed by atoms with Crippen molar-refractivity contribution in [2.75, 3.05) is 0 Å². The predicted molar refractivity (Wildman–Crippen MR) is 88.2 cm³/mol. The van der Waals surface area contributed by atoms with Crippen molar-refractivity contribution in [3.05, 3.63) is 51.2 Å². The Kier molecular flexibility index (Phi) is 5.02. The SMILES string of the molecule is CC1=C(C#N)C(c2cccc([N+](=O)[O-])c2)N(C(=O)NC(C)C)C(=O)N1. The molecule has 25 heavy (non-hydrogen) atoms. The quantitative estimate of drug-likeness (QED) is 0.644. The molecule has 2 N–H and O–H groups in total. The van der Waals surface area contributed by atoms with E-state index in [1.807, 2.05) is 6.07 Å². The van der Waals surface area contributed by atoms with Gasteiger partial charge in [-0.25, -0.2) is 14.5 Å².